The summed E-state index contributed by atoms with van der Waals surface area (Å²) in [6.45, 7) is 0. The predicted molar refractivity (Wildman–Crippen MR) is 101 cm³/mol. The lowest BCUT2D eigenvalue weighted by molar-refractivity contribution is 0.476. The number of para-hydroxylation sites is 1. The highest BCUT2D eigenvalue weighted by atomic mass is 32.2. The Morgan fingerprint density at radius 1 is 0.542 bits per heavy atom. The van der Waals surface area contributed by atoms with Crippen LogP contribution < -0.4 is 4.74 Å². The van der Waals surface area contributed by atoms with Crippen LogP contribution in [0.2, 0.25) is 0 Å². The second kappa shape index (κ2) is 6.81. The van der Waals surface area contributed by atoms with Crippen molar-refractivity contribution in [2.75, 3.05) is 0 Å². The summed E-state index contributed by atoms with van der Waals surface area (Å²) in [4.78, 5) is 2.31. The van der Waals surface area contributed by atoms with E-state index >= 15 is 0 Å². The zero-order valence-corrected chi connectivity index (χ0v) is 13.9. The average Bonchev–Trinajstić information content (AvgIpc) is 2.64. The minimum atomic E-state index is 0.878. The zero-order chi connectivity index (χ0) is 16.2. The topological polar surface area (TPSA) is 9.23 Å². The maximum Gasteiger partial charge on any atom is 0.141 e. The third-order valence-corrected chi connectivity index (χ3v) is 4.85. The molecule has 116 valence electrons. The van der Waals surface area contributed by atoms with Crippen molar-refractivity contribution in [2.24, 2.45) is 0 Å². The number of rotatable bonds is 4. The van der Waals surface area contributed by atoms with E-state index < -0.39 is 0 Å². The summed E-state index contributed by atoms with van der Waals surface area (Å²) in [7, 11) is 0. The van der Waals surface area contributed by atoms with Gasteiger partial charge < -0.3 is 4.74 Å². The molecule has 24 heavy (non-hydrogen) atoms. The van der Waals surface area contributed by atoms with Crippen LogP contribution in [0.3, 0.4) is 0 Å². The minimum absolute atomic E-state index is 0.878. The largest absolute Gasteiger partial charge is 0.456 e. The Hall–Kier alpha value is -2.71. The van der Waals surface area contributed by atoms with Gasteiger partial charge in [-0.2, -0.15) is 0 Å². The summed E-state index contributed by atoms with van der Waals surface area (Å²) in [5.74, 6) is 1.76. The molecule has 0 saturated carbocycles. The van der Waals surface area contributed by atoms with Crippen molar-refractivity contribution in [3.8, 4) is 11.5 Å². The highest BCUT2D eigenvalue weighted by Crippen LogP contribution is 2.38. The van der Waals surface area contributed by atoms with Gasteiger partial charge in [0.2, 0.25) is 0 Å². The van der Waals surface area contributed by atoms with Crippen molar-refractivity contribution in [1.82, 2.24) is 0 Å². The Kier molecular flexibility index (Phi) is 4.22. The van der Waals surface area contributed by atoms with Crippen LogP contribution in [0.1, 0.15) is 0 Å². The Balaban J connectivity index is 1.70. The molecule has 0 aliphatic heterocycles. The molecular weight excluding hydrogens is 312 g/mol. The van der Waals surface area contributed by atoms with Gasteiger partial charge in [-0.15, -0.1) is 0 Å². The Bertz CT molecular complexity index is 958. The van der Waals surface area contributed by atoms with Gasteiger partial charge in [-0.05, 0) is 35.7 Å². The second-order valence-electron chi connectivity index (χ2n) is 5.44. The lowest BCUT2D eigenvalue weighted by Crippen LogP contribution is -1.88. The summed E-state index contributed by atoms with van der Waals surface area (Å²) in [5.41, 5.74) is 0. The van der Waals surface area contributed by atoms with E-state index in [-0.39, 0.29) is 0 Å². The van der Waals surface area contributed by atoms with Crippen molar-refractivity contribution in [3.63, 3.8) is 0 Å². The van der Waals surface area contributed by atoms with E-state index in [2.05, 4.69) is 48.5 Å². The Labute approximate surface area is 145 Å². The summed E-state index contributed by atoms with van der Waals surface area (Å²) in [6, 6.07) is 33.0. The molecule has 4 rings (SSSR count). The quantitative estimate of drug-likeness (QED) is 0.408. The molecule has 0 amide bonds. The molecule has 0 aromatic heterocycles. The van der Waals surface area contributed by atoms with E-state index in [9.17, 15) is 0 Å². The highest BCUT2D eigenvalue weighted by Gasteiger charge is 2.08. The molecule has 0 aliphatic rings. The number of benzene rings is 4. The predicted octanol–water partition coefficient (Wildman–Crippen LogP) is 6.78. The first-order chi connectivity index (χ1) is 11.9. The SMILES string of the molecule is c1ccc(Sc2ccccc2Oc2cccc3ccccc23)cc1. The van der Waals surface area contributed by atoms with E-state index in [0.717, 1.165) is 21.8 Å². The fraction of sp³-hybridized carbons (Fsp3) is 0. The molecule has 0 N–H and O–H groups in total. The monoisotopic (exact) mass is 328 g/mol. The van der Waals surface area contributed by atoms with Gasteiger partial charge in [-0.25, -0.2) is 0 Å². The number of hydrogen-bond donors (Lipinski definition) is 0. The fourth-order valence-corrected chi connectivity index (χ4v) is 3.54. The van der Waals surface area contributed by atoms with E-state index in [4.69, 9.17) is 4.74 Å². The van der Waals surface area contributed by atoms with Gasteiger partial charge in [0.15, 0.2) is 0 Å². The van der Waals surface area contributed by atoms with Gasteiger partial charge in [0.1, 0.15) is 11.5 Å². The second-order valence-corrected chi connectivity index (χ2v) is 6.56. The van der Waals surface area contributed by atoms with E-state index in [1.54, 1.807) is 11.8 Å². The lowest BCUT2D eigenvalue weighted by Gasteiger charge is -2.12. The summed E-state index contributed by atoms with van der Waals surface area (Å²) >= 11 is 1.71. The van der Waals surface area contributed by atoms with Crippen LogP contribution >= 0.6 is 11.8 Å². The summed E-state index contributed by atoms with van der Waals surface area (Å²) in [6.07, 6.45) is 0. The molecule has 0 aliphatic carbocycles. The molecule has 0 heterocycles. The van der Waals surface area contributed by atoms with Gasteiger partial charge in [0.25, 0.3) is 0 Å². The molecule has 2 heteroatoms. The third kappa shape index (κ3) is 3.15. The van der Waals surface area contributed by atoms with Crippen LogP contribution in [0, 0.1) is 0 Å². The van der Waals surface area contributed by atoms with Crippen LogP contribution in [0.15, 0.2) is 107 Å². The van der Waals surface area contributed by atoms with Crippen LogP contribution in [0.25, 0.3) is 10.8 Å². The molecular formula is C22H16OS. The first kappa shape index (κ1) is 14.9. The average molecular weight is 328 g/mol. The standard InChI is InChI=1S/C22H16OS/c1-2-11-18(12-3-1)24-22-16-7-6-14-21(22)23-20-15-8-10-17-9-4-5-13-19(17)20/h1-16H. The van der Waals surface area contributed by atoms with Crippen molar-refractivity contribution in [1.29, 1.82) is 0 Å². The van der Waals surface area contributed by atoms with Crippen LogP contribution in [-0.4, -0.2) is 0 Å². The minimum Gasteiger partial charge on any atom is -0.456 e. The third-order valence-electron chi connectivity index (χ3n) is 3.79. The molecule has 0 radical (unpaired) electrons. The normalized spacial score (nSPS) is 10.7. The van der Waals surface area contributed by atoms with Crippen LogP contribution in [0.5, 0.6) is 11.5 Å². The number of ether oxygens (including phenoxy) is 1. The molecule has 4 aromatic rings. The Morgan fingerprint density at radius 3 is 2.12 bits per heavy atom. The van der Waals surface area contributed by atoms with E-state index in [0.29, 0.717) is 0 Å². The molecule has 0 atom stereocenters. The molecule has 0 spiro atoms. The molecule has 0 fully saturated rings. The van der Waals surface area contributed by atoms with Crippen LogP contribution in [-0.2, 0) is 0 Å². The Morgan fingerprint density at radius 2 is 1.21 bits per heavy atom. The first-order valence-corrected chi connectivity index (χ1v) is 8.69. The van der Waals surface area contributed by atoms with Crippen LogP contribution in [0.4, 0.5) is 0 Å². The first-order valence-electron chi connectivity index (χ1n) is 7.88. The highest BCUT2D eigenvalue weighted by molar-refractivity contribution is 7.99. The van der Waals surface area contributed by atoms with Crippen molar-refractivity contribution in [3.05, 3.63) is 97.1 Å². The molecule has 0 unspecified atom stereocenters. The van der Waals surface area contributed by atoms with Gasteiger partial charge in [-0.3, -0.25) is 0 Å². The molecule has 4 aromatic carbocycles. The smallest absolute Gasteiger partial charge is 0.141 e. The maximum absolute atomic E-state index is 6.27. The van der Waals surface area contributed by atoms with Crippen molar-refractivity contribution >= 4 is 22.5 Å². The molecule has 0 saturated heterocycles. The number of hydrogen-bond acceptors (Lipinski definition) is 2. The van der Waals surface area contributed by atoms with Gasteiger partial charge in [0.05, 0.1) is 4.90 Å². The van der Waals surface area contributed by atoms with Gasteiger partial charge in [-0.1, -0.05) is 78.5 Å². The summed E-state index contributed by atoms with van der Waals surface area (Å²) in [5, 5.41) is 2.31. The van der Waals surface area contributed by atoms with E-state index in [1.165, 1.54) is 10.3 Å². The van der Waals surface area contributed by atoms with Gasteiger partial charge in [0, 0.05) is 10.3 Å². The zero-order valence-electron chi connectivity index (χ0n) is 13.1. The maximum atomic E-state index is 6.27. The molecule has 1 nitrogen and oxygen atoms in total. The lowest BCUT2D eigenvalue weighted by atomic mass is 10.1. The fourth-order valence-electron chi connectivity index (χ4n) is 2.64. The van der Waals surface area contributed by atoms with Gasteiger partial charge >= 0.3 is 0 Å². The molecule has 0 bridgehead atoms. The van der Waals surface area contributed by atoms with Crippen molar-refractivity contribution < 1.29 is 4.74 Å². The van der Waals surface area contributed by atoms with Crippen molar-refractivity contribution in [2.45, 2.75) is 9.79 Å². The summed E-state index contributed by atoms with van der Waals surface area (Å²) < 4.78 is 6.27. The number of fused-ring (bicyclic) bond motifs is 1. The van der Waals surface area contributed by atoms with E-state index in [1.807, 2.05) is 48.5 Å².